The molecule has 1 aromatic rings. The molecule has 1 aliphatic heterocycles. The van der Waals surface area contributed by atoms with E-state index in [2.05, 4.69) is 14.9 Å². The van der Waals surface area contributed by atoms with Crippen molar-refractivity contribution in [2.45, 2.75) is 19.8 Å². The van der Waals surface area contributed by atoms with Gasteiger partial charge in [-0.2, -0.15) is 0 Å². The van der Waals surface area contributed by atoms with Crippen molar-refractivity contribution in [3.63, 3.8) is 0 Å². The van der Waals surface area contributed by atoms with Crippen LogP contribution in [0.2, 0.25) is 0 Å². The van der Waals surface area contributed by atoms with Crippen molar-refractivity contribution in [1.82, 2.24) is 19.8 Å². The van der Waals surface area contributed by atoms with Crippen molar-refractivity contribution in [1.29, 1.82) is 0 Å². The Labute approximate surface area is 103 Å². The van der Waals surface area contributed by atoms with E-state index in [9.17, 15) is 9.59 Å². The van der Waals surface area contributed by atoms with E-state index in [-0.39, 0.29) is 24.3 Å². The normalized spacial score (nSPS) is 16.2. The summed E-state index contributed by atoms with van der Waals surface area (Å²) in [4.78, 5) is 25.5. The predicted molar refractivity (Wildman–Crippen MR) is 62.9 cm³/mol. The van der Waals surface area contributed by atoms with Crippen LogP contribution < -0.4 is 5.32 Å². The molecule has 0 spiro atoms. The van der Waals surface area contributed by atoms with E-state index in [1.54, 1.807) is 4.90 Å². The Morgan fingerprint density at radius 2 is 2.29 bits per heavy atom. The summed E-state index contributed by atoms with van der Waals surface area (Å²) < 4.78 is 3.82. The summed E-state index contributed by atoms with van der Waals surface area (Å²) in [5, 5.41) is 6.66. The van der Waals surface area contributed by atoms with Gasteiger partial charge < -0.3 is 10.2 Å². The maximum absolute atomic E-state index is 12.2. The third-order valence-corrected chi connectivity index (χ3v) is 3.31. The Balaban J connectivity index is 2.18. The molecule has 0 unspecified atom stereocenters. The number of carbonyl (C=O) groups excluding carboxylic acids is 2. The van der Waals surface area contributed by atoms with Gasteiger partial charge in [0, 0.05) is 13.1 Å². The van der Waals surface area contributed by atoms with Crippen LogP contribution in [-0.4, -0.2) is 45.9 Å². The third kappa shape index (κ3) is 2.44. The van der Waals surface area contributed by atoms with Crippen molar-refractivity contribution in [2.24, 2.45) is 0 Å². The molecule has 1 N–H and O–H groups in total. The molecule has 6 nitrogen and oxygen atoms in total. The summed E-state index contributed by atoms with van der Waals surface area (Å²) in [5.41, 5.74) is 0.714. The highest BCUT2D eigenvalue weighted by Gasteiger charge is 2.27. The van der Waals surface area contributed by atoms with Gasteiger partial charge in [-0.3, -0.25) is 9.59 Å². The topological polar surface area (TPSA) is 75.2 Å². The molecule has 0 saturated carbocycles. The van der Waals surface area contributed by atoms with Crippen molar-refractivity contribution in [2.75, 3.05) is 19.6 Å². The number of hydrogen-bond acceptors (Lipinski definition) is 5. The van der Waals surface area contributed by atoms with Gasteiger partial charge in [0.05, 0.1) is 12.2 Å². The first-order chi connectivity index (χ1) is 8.09. The van der Waals surface area contributed by atoms with E-state index in [0.717, 1.165) is 11.5 Å². The fourth-order valence-electron chi connectivity index (χ4n) is 1.68. The summed E-state index contributed by atoms with van der Waals surface area (Å²) in [6.07, 6.45) is 0. The van der Waals surface area contributed by atoms with Gasteiger partial charge in [-0.1, -0.05) is 18.3 Å². The van der Waals surface area contributed by atoms with Gasteiger partial charge in [0.2, 0.25) is 5.91 Å². The maximum atomic E-state index is 12.2. The van der Waals surface area contributed by atoms with Crippen LogP contribution in [0.3, 0.4) is 0 Å². The van der Waals surface area contributed by atoms with Gasteiger partial charge in [0.25, 0.3) is 5.91 Å². The zero-order valence-electron chi connectivity index (χ0n) is 9.77. The Kier molecular flexibility index (Phi) is 3.37. The number of nitrogens with one attached hydrogen (secondary N) is 1. The molecule has 1 saturated heterocycles. The average Bonchev–Trinajstić information content (AvgIpc) is 2.77. The van der Waals surface area contributed by atoms with E-state index in [4.69, 9.17) is 0 Å². The second kappa shape index (κ2) is 4.79. The van der Waals surface area contributed by atoms with Crippen LogP contribution in [0, 0.1) is 0 Å². The van der Waals surface area contributed by atoms with Crippen molar-refractivity contribution >= 4 is 23.3 Å². The zero-order valence-corrected chi connectivity index (χ0v) is 10.6. The number of aromatic nitrogens is 2. The van der Waals surface area contributed by atoms with Crippen LogP contribution in [-0.2, 0) is 4.79 Å². The number of nitrogens with zero attached hydrogens (tertiary/aromatic N) is 3. The molecular formula is C10H14N4O2S. The van der Waals surface area contributed by atoms with Gasteiger partial charge in [-0.25, -0.2) is 0 Å². The number of piperazine rings is 1. The first-order valence-corrected chi connectivity index (χ1v) is 6.25. The van der Waals surface area contributed by atoms with Crippen molar-refractivity contribution < 1.29 is 9.59 Å². The van der Waals surface area contributed by atoms with Crippen molar-refractivity contribution in [3.8, 4) is 0 Å². The minimum atomic E-state index is -0.140. The quantitative estimate of drug-likeness (QED) is 0.820. The van der Waals surface area contributed by atoms with Gasteiger partial charge in [-0.15, -0.1) is 5.10 Å². The highest BCUT2D eigenvalue weighted by Crippen LogP contribution is 2.21. The van der Waals surface area contributed by atoms with Crippen molar-refractivity contribution in [3.05, 3.63) is 10.6 Å². The summed E-state index contributed by atoms with van der Waals surface area (Å²) in [5.74, 6) is -0.0990. The van der Waals surface area contributed by atoms with Gasteiger partial charge in [0.15, 0.2) is 0 Å². The standard InChI is InChI=1S/C10H14N4O2S/c1-6(2)8-9(17-13-12-8)10(16)14-4-3-11-7(15)5-14/h6H,3-5H2,1-2H3,(H,11,15). The van der Waals surface area contributed by atoms with E-state index in [1.165, 1.54) is 0 Å². The molecule has 1 fully saturated rings. The molecule has 2 amide bonds. The lowest BCUT2D eigenvalue weighted by Crippen LogP contribution is -2.50. The molecule has 7 heteroatoms. The van der Waals surface area contributed by atoms with Crippen LogP contribution in [0.25, 0.3) is 0 Å². The smallest absolute Gasteiger partial charge is 0.268 e. The van der Waals surface area contributed by atoms with Crippen LogP contribution in [0.4, 0.5) is 0 Å². The van der Waals surface area contributed by atoms with Crippen LogP contribution >= 0.6 is 11.5 Å². The molecule has 17 heavy (non-hydrogen) atoms. The van der Waals surface area contributed by atoms with Crippen LogP contribution in [0.15, 0.2) is 0 Å². The third-order valence-electron chi connectivity index (χ3n) is 2.58. The molecule has 0 aromatic carbocycles. The average molecular weight is 254 g/mol. The molecule has 2 rings (SSSR count). The number of hydrogen-bond donors (Lipinski definition) is 1. The van der Waals surface area contributed by atoms with E-state index >= 15 is 0 Å². The monoisotopic (exact) mass is 254 g/mol. The Morgan fingerprint density at radius 1 is 1.53 bits per heavy atom. The summed E-state index contributed by atoms with van der Waals surface area (Å²) in [6, 6.07) is 0. The lowest BCUT2D eigenvalue weighted by Gasteiger charge is -2.26. The maximum Gasteiger partial charge on any atom is 0.268 e. The summed E-state index contributed by atoms with van der Waals surface area (Å²) >= 11 is 1.10. The molecule has 2 heterocycles. The highest BCUT2D eigenvalue weighted by molar-refractivity contribution is 7.08. The number of rotatable bonds is 2. The Hall–Kier alpha value is -1.50. The molecule has 1 aliphatic rings. The molecule has 0 bridgehead atoms. The van der Waals surface area contributed by atoms with Crippen LogP contribution in [0.1, 0.15) is 35.1 Å². The highest BCUT2D eigenvalue weighted by atomic mass is 32.1. The first-order valence-electron chi connectivity index (χ1n) is 5.48. The molecule has 92 valence electrons. The second-order valence-corrected chi connectivity index (χ2v) is 4.97. The van der Waals surface area contributed by atoms with Crippen LogP contribution in [0.5, 0.6) is 0 Å². The molecule has 0 atom stereocenters. The fourth-order valence-corrected chi connectivity index (χ4v) is 2.47. The SMILES string of the molecule is CC(C)c1nnsc1C(=O)N1CCNC(=O)C1. The summed E-state index contributed by atoms with van der Waals surface area (Å²) in [7, 11) is 0. The predicted octanol–water partition coefficient (Wildman–Crippen LogP) is 0.234. The number of carbonyl (C=O) groups is 2. The molecule has 0 aliphatic carbocycles. The second-order valence-electron chi connectivity index (χ2n) is 4.22. The molecule has 0 radical (unpaired) electrons. The molecule has 1 aromatic heterocycles. The minimum Gasteiger partial charge on any atom is -0.353 e. The lowest BCUT2D eigenvalue weighted by molar-refractivity contribution is -0.123. The van der Waals surface area contributed by atoms with E-state index in [1.807, 2.05) is 13.8 Å². The summed E-state index contributed by atoms with van der Waals surface area (Å²) in [6.45, 7) is 5.11. The largest absolute Gasteiger partial charge is 0.353 e. The minimum absolute atomic E-state index is 0.117. The van der Waals surface area contributed by atoms with Gasteiger partial charge in [0.1, 0.15) is 4.88 Å². The first kappa shape index (κ1) is 12.0. The molecular weight excluding hydrogens is 240 g/mol. The lowest BCUT2D eigenvalue weighted by atomic mass is 10.1. The fraction of sp³-hybridized carbons (Fsp3) is 0.600. The zero-order chi connectivity index (χ0) is 12.4. The van der Waals surface area contributed by atoms with Gasteiger partial charge >= 0.3 is 0 Å². The Bertz CT molecular complexity index is 443. The number of amides is 2. The van der Waals surface area contributed by atoms with E-state index in [0.29, 0.717) is 23.7 Å². The Morgan fingerprint density at radius 3 is 2.94 bits per heavy atom. The van der Waals surface area contributed by atoms with Gasteiger partial charge in [-0.05, 0) is 17.5 Å². The van der Waals surface area contributed by atoms with E-state index < -0.39 is 0 Å².